The molecule has 2 rings (SSSR count). The first-order valence-electron chi connectivity index (χ1n) is 6.07. The van der Waals surface area contributed by atoms with Gasteiger partial charge in [0.15, 0.2) is 0 Å². The molecule has 20 heavy (non-hydrogen) atoms. The lowest BCUT2D eigenvalue weighted by atomic mass is 10.1. The Morgan fingerprint density at radius 2 is 1.90 bits per heavy atom. The van der Waals surface area contributed by atoms with E-state index < -0.39 is 11.7 Å². The van der Waals surface area contributed by atoms with Crippen LogP contribution in [0.2, 0.25) is 5.02 Å². The van der Waals surface area contributed by atoms with Gasteiger partial charge in [-0.25, -0.2) is 4.39 Å². The second kappa shape index (κ2) is 6.39. The standard InChI is InChI=1S/C15H13ClFNO2/c16-11-3-1-10(2-4-11)7-8-18-15(20)13-6-5-12(17)9-14(13)19/h1-6,9,19H,7-8H2,(H,18,20). The Balaban J connectivity index is 1.90. The van der Waals surface area contributed by atoms with Crippen LogP contribution >= 0.6 is 11.6 Å². The smallest absolute Gasteiger partial charge is 0.255 e. The molecule has 0 saturated heterocycles. The molecule has 1 amide bonds. The Kier molecular flexibility index (Phi) is 4.58. The third kappa shape index (κ3) is 3.71. The molecule has 0 spiro atoms. The maximum Gasteiger partial charge on any atom is 0.255 e. The minimum absolute atomic E-state index is 0.0579. The van der Waals surface area contributed by atoms with Crippen molar-refractivity contribution in [2.24, 2.45) is 0 Å². The number of nitrogens with one attached hydrogen (secondary N) is 1. The number of benzene rings is 2. The predicted molar refractivity (Wildman–Crippen MR) is 75.6 cm³/mol. The van der Waals surface area contributed by atoms with Crippen LogP contribution in [0.25, 0.3) is 0 Å². The van der Waals surface area contributed by atoms with Crippen molar-refractivity contribution in [3.05, 3.63) is 64.4 Å². The predicted octanol–water partition coefficient (Wildman–Crippen LogP) is 3.16. The van der Waals surface area contributed by atoms with Crippen LogP contribution in [0.1, 0.15) is 15.9 Å². The number of hydrogen-bond donors (Lipinski definition) is 2. The molecular formula is C15H13ClFNO2. The summed E-state index contributed by atoms with van der Waals surface area (Å²) < 4.78 is 12.8. The van der Waals surface area contributed by atoms with Crippen LogP contribution in [0, 0.1) is 5.82 Å². The molecular weight excluding hydrogens is 281 g/mol. The van der Waals surface area contributed by atoms with Gasteiger partial charge < -0.3 is 10.4 Å². The van der Waals surface area contributed by atoms with E-state index in [4.69, 9.17) is 11.6 Å². The Hall–Kier alpha value is -2.07. The van der Waals surface area contributed by atoms with E-state index in [1.807, 2.05) is 12.1 Å². The number of hydrogen-bond acceptors (Lipinski definition) is 2. The van der Waals surface area contributed by atoms with Gasteiger partial charge in [-0.15, -0.1) is 0 Å². The van der Waals surface area contributed by atoms with Crippen LogP contribution in [0.4, 0.5) is 4.39 Å². The van der Waals surface area contributed by atoms with E-state index in [0.717, 1.165) is 17.7 Å². The van der Waals surface area contributed by atoms with Gasteiger partial charge in [0.2, 0.25) is 0 Å². The lowest BCUT2D eigenvalue weighted by Crippen LogP contribution is -2.25. The quantitative estimate of drug-likeness (QED) is 0.910. The maximum absolute atomic E-state index is 12.8. The summed E-state index contributed by atoms with van der Waals surface area (Å²) in [6.45, 7) is 0.414. The third-order valence-corrected chi connectivity index (χ3v) is 3.07. The molecule has 0 heterocycles. The summed E-state index contributed by atoms with van der Waals surface area (Å²) in [7, 11) is 0. The van der Waals surface area contributed by atoms with Gasteiger partial charge in [-0.1, -0.05) is 23.7 Å². The Bertz CT molecular complexity index is 614. The zero-order valence-corrected chi connectivity index (χ0v) is 11.3. The lowest BCUT2D eigenvalue weighted by molar-refractivity contribution is 0.0951. The number of carbonyl (C=O) groups is 1. The number of aromatic hydroxyl groups is 1. The highest BCUT2D eigenvalue weighted by Crippen LogP contribution is 2.17. The lowest BCUT2D eigenvalue weighted by Gasteiger charge is -2.07. The molecule has 0 unspecified atom stereocenters. The first kappa shape index (κ1) is 14.3. The summed E-state index contributed by atoms with van der Waals surface area (Å²) in [6.07, 6.45) is 0.644. The summed E-state index contributed by atoms with van der Waals surface area (Å²) in [5.41, 5.74) is 1.10. The number of phenols is 1. The molecule has 0 aliphatic heterocycles. The number of rotatable bonds is 4. The molecule has 0 atom stereocenters. The van der Waals surface area contributed by atoms with Gasteiger partial charge in [-0.05, 0) is 36.2 Å². The molecule has 2 N–H and O–H groups in total. The molecule has 0 bridgehead atoms. The van der Waals surface area contributed by atoms with Gasteiger partial charge in [0.1, 0.15) is 11.6 Å². The van der Waals surface area contributed by atoms with Crippen LogP contribution in [0.5, 0.6) is 5.75 Å². The van der Waals surface area contributed by atoms with Crippen molar-refractivity contribution in [1.29, 1.82) is 0 Å². The van der Waals surface area contributed by atoms with Gasteiger partial charge in [0.25, 0.3) is 5.91 Å². The fourth-order valence-corrected chi connectivity index (χ4v) is 1.89. The molecule has 0 aliphatic carbocycles. The van der Waals surface area contributed by atoms with E-state index in [1.165, 1.54) is 6.07 Å². The number of phenolic OH excluding ortho intramolecular Hbond substituents is 1. The normalized spacial score (nSPS) is 10.3. The summed E-state index contributed by atoms with van der Waals surface area (Å²) in [5.74, 6) is -1.38. The molecule has 0 aromatic heterocycles. The second-order valence-corrected chi connectivity index (χ2v) is 4.73. The van der Waals surface area contributed by atoms with Gasteiger partial charge in [0, 0.05) is 17.6 Å². The summed E-state index contributed by atoms with van der Waals surface area (Å²) in [4.78, 5) is 11.8. The van der Waals surface area contributed by atoms with Crippen molar-refractivity contribution < 1.29 is 14.3 Å². The Morgan fingerprint density at radius 1 is 1.20 bits per heavy atom. The summed E-state index contributed by atoms with van der Waals surface area (Å²) >= 11 is 5.78. The fraction of sp³-hybridized carbons (Fsp3) is 0.133. The number of amides is 1. The molecule has 0 radical (unpaired) electrons. The fourth-order valence-electron chi connectivity index (χ4n) is 1.76. The van der Waals surface area contributed by atoms with Crippen LogP contribution < -0.4 is 5.32 Å². The zero-order chi connectivity index (χ0) is 14.5. The monoisotopic (exact) mass is 293 g/mol. The number of halogens is 2. The largest absolute Gasteiger partial charge is 0.507 e. The average molecular weight is 294 g/mol. The van der Waals surface area contributed by atoms with Crippen LogP contribution in [-0.4, -0.2) is 17.6 Å². The summed E-state index contributed by atoms with van der Waals surface area (Å²) in [5, 5.41) is 12.8. The molecule has 2 aromatic carbocycles. The number of carbonyl (C=O) groups excluding carboxylic acids is 1. The first-order chi connectivity index (χ1) is 9.56. The van der Waals surface area contributed by atoms with E-state index in [-0.39, 0.29) is 11.3 Å². The molecule has 3 nitrogen and oxygen atoms in total. The molecule has 5 heteroatoms. The Morgan fingerprint density at radius 3 is 2.55 bits per heavy atom. The average Bonchev–Trinajstić information content (AvgIpc) is 2.41. The highest BCUT2D eigenvalue weighted by Gasteiger charge is 2.11. The van der Waals surface area contributed by atoms with E-state index in [2.05, 4.69) is 5.32 Å². The first-order valence-corrected chi connectivity index (χ1v) is 6.45. The molecule has 104 valence electrons. The van der Waals surface area contributed by atoms with Crippen LogP contribution in [0.3, 0.4) is 0 Å². The van der Waals surface area contributed by atoms with Gasteiger partial charge >= 0.3 is 0 Å². The molecule has 0 aliphatic rings. The van der Waals surface area contributed by atoms with Gasteiger partial charge in [0.05, 0.1) is 5.56 Å². The van der Waals surface area contributed by atoms with Gasteiger partial charge in [-0.3, -0.25) is 4.79 Å². The zero-order valence-electron chi connectivity index (χ0n) is 10.6. The molecule has 0 saturated carbocycles. The van der Waals surface area contributed by atoms with Crippen LogP contribution in [0.15, 0.2) is 42.5 Å². The Labute approximate surface area is 121 Å². The summed E-state index contributed by atoms with van der Waals surface area (Å²) in [6, 6.07) is 10.6. The molecule has 0 fully saturated rings. The topological polar surface area (TPSA) is 49.3 Å². The van der Waals surface area contributed by atoms with Crippen LogP contribution in [-0.2, 0) is 6.42 Å². The van der Waals surface area contributed by atoms with Crippen molar-refractivity contribution >= 4 is 17.5 Å². The SMILES string of the molecule is O=C(NCCc1ccc(Cl)cc1)c1ccc(F)cc1O. The minimum atomic E-state index is -0.583. The van der Waals surface area contributed by atoms with Crippen molar-refractivity contribution in [3.8, 4) is 5.75 Å². The second-order valence-electron chi connectivity index (χ2n) is 4.29. The van der Waals surface area contributed by atoms with Crippen molar-refractivity contribution in [2.45, 2.75) is 6.42 Å². The van der Waals surface area contributed by atoms with Crippen molar-refractivity contribution in [3.63, 3.8) is 0 Å². The highest BCUT2D eigenvalue weighted by molar-refractivity contribution is 6.30. The van der Waals surface area contributed by atoms with E-state index in [0.29, 0.717) is 18.0 Å². The minimum Gasteiger partial charge on any atom is -0.507 e. The third-order valence-electron chi connectivity index (χ3n) is 2.82. The highest BCUT2D eigenvalue weighted by atomic mass is 35.5. The van der Waals surface area contributed by atoms with Gasteiger partial charge in [-0.2, -0.15) is 0 Å². The molecule has 2 aromatic rings. The maximum atomic E-state index is 12.8. The van der Waals surface area contributed by atoms with Crippen molar-refractivity contribution in [2.75, 3.05) is 6.54 Å². The van der Waals surface area contributed by atoms with E-state index in [9.17, 15) is 14.3 Å². The van der Waals surface area contributed by atoms with Crippen molar-refractivity contribution in [1.82, 2.24) is 5.32 Å². The van der Waals surface area contributed by atoms with E-state index >= 15 is 0 Å². The van der Waals surface area contributed by atoms with E-state index in [1.54, 1.807) is 12.1 Å².